The third kappa shape index (κ3) is 2.06. The maximum absolute atomic E-state index is 12.8. The maximum Gasteiger partial charge on any atom is 0.125 e. The molecule has 0 unspecified atom stereocenters. The highest BCUT2D eigenvalue weighted by molar-refractivity contribution is 5.60. The van der Waals surface area contributed by atoms with E-state index in [1.807, 2.05) is 0 Å². The van der Waals surface area contributed by atoms with Crippen molar-refractivity contribution in [3.63, 3.8) is 0 Å². The standard InChI is InChI=1S/C10H8FNO/c1-7-5-9(11)6-8(10(7)13)3-2-4-12/h2-3,5-6,13H,1H3. The van der Waals surface area contributed by atoms with Gasteiger partial charge in [-0.3, -0.25) is 0 Å². The van der Waals surface area contributed by atoms with E-state index in [2.05, 4.69) is 0 Å². The van der Waals surface area contributed by atoms with Crippen molar-refractivity contribution in [3.05, 3.63) is 35.2 Å². The number of rotatable bonds is 1. The molecular weight excluding hydrogens is 169 g/mol. The lowest BCUT2D eigenvalue weighted by molar-refractivity contribution is 0.467. The first-order chi connectivity index (χ1) is 6.15. The molecule has 3 heteroatoms. The van der Waals surface area contributed by atoms with Crippen molar-refractivity contribution < 1.29 is 9.50 Å². The molecule has 13 heavy (non-hydrogen) atoms. The van der Waals surface area contributed by atoms with Gasteiger partial charge in [-0.2, -0.15) is 5.26 Å². The molecule has 0 amide bonds. The molecule has 0 aliphatic carbocycles. The Morgan fingerprint density at radius 1 is 1.54 bits per heavy atom. The number of aromatic hydroxyl groups is 1. The first kappa shape index (κ1) is 9.27. The second-order valence-corrected chi connectivity index (χ2v) is 2.62. The van der Waals surface area contributed by atoms with Crippen molar-refractivity contribution in [1.82, 2.24) is 0 Å². The van der Waals surface area contributed by atoms with Gasteiger partial charge in [-0.15, -0.1) is 0 Å². The Kier molecular flexibility index (Phi) is 2.65. The molecule has 66 valence electrons. The van der Waals surface area contributed by atoms with Crippen LogP contribution in [0.15, 0.2) is 18.2 Å². The van der Waals surface area contributed by atoms with Gasteiger partial charge in [-0.25, -0.2) is 4.39 Å². The van der Waals surface area contributed by atoms with Crippen LogP contribution in [-0.4, -0.2) is 5.11 Å². The molecule has 0 saturated carbocycles. The van der Waals surface area contributed by atoms with Crippen LogP contribution in [0.2, 0.25) is 0 Å². The van der Waals surface area contributed by atoms with Crippen LogP contribution < -0.4 is 0 Å². The summed E-state index contributed by atoms with van der Waals surface area (Å²) in [6.07, 6.45) is 2.55. The summed E-state index contributed by atoms with van der Waals surface area (Å²) in [6.45, 7) is 1.60. The lowest BCUT2D eigenvalue weighted by Crippen LogP contribution is -1.83. The monoisotopic (exact) mass is 177 g/mol. The van der Waals surface area contributed by atoms with Crippen LogP contribution in [0.1, 0.15) is 11.1 Å². The first-order valence-electron chi connectivity index (χ1n) is 3.70. The number of allylic oxidation sites excluding steroid dienone is 1. The topological polar surface area (TPSA) is 44.0 Å². The van der Waals surface area contributed by atoms with Gasteiger partial charge in [0, 0.05) is 11.6 Å². The van der Waals surface area contributed by atoms with Crippen LogP contribution in [0, 0.1) is 24.1 Å². The zero-order valence-corrected chi connectivity index (χ0v) is 7.08. The van der Waals surface area contributed by atoms with Gasteiger partial charge in [0.1, 0.15) is 11.6 Å². The number of halogens is 1. The minimum atomic E-state index is -0.423. The Hall–Kier alpha value is -1.82. The number of nitriles is 1. The van der Waals surface area contributed by atoms with Crippen LogP contribution in [-0.2, 0) is 0 Å². The minimum absolute atomic E-state index is 0.00731. The number of nitrogens with zero attached hydrogens (tertiary/aromatic N) is 1. The van der Waals surface area contributed by atoms with Crippen molar-refractivity contribution in [2.75, 3.05) is 0 Å². The van der Waals surface area contributed by atoms with Crippen molar-refractivity contribution >= 4 is 6.08 Å². The van der Waals surface area contributed by atoms with Crippen LogP contribution in [0.5, 0.6) is 5.75 Å². The molecule has 0 bridgehead atoms. The number of phenols is 1. The normalized spacial score (nSPS) is 10.2. The molecule has 1 rings (SSSR count). The van der Waals surface area contributed by atoms with E-state index in [0.29, 0.717) is 11.1 Å². The molecule has 0 fully saturated rings. The molecule has 1 aromatic rings. The molecule has 2 nitrogen and oxygen atoms in total. The molecule has 0 aliphatic rings. The predicted octanol–water partition coefficient (Wildman–Crippen LogP) is 2.38. The smallest absolute Gasteiger partial charge is 0.125 e. The maximum atomic E-state index is 12.8. The Labute approximate surface area is 75.6 Å². The first-order valence-corrected chi connectivity index (χ1v) is 3.70. The molecule has 1 N–H and O–H groups in total. The van der Waals surface area contributed by atoms with Crippen LogP contribution in [0.3, 0.4) is 0 Å². The fraction of sp³-hybridized carbons (Fsp3) is 0.100. The van der Waals surface area contributed by atoms with E-state index in [-0.39, 0.29) is 5.75 Å². The van der Waals surface area contributed by atoms with E-state index in [0.717, 1.165) is 0 Å². The third-order valence-electron chi connectivity index (χ3n) is 1.63. The minimum Gasteiger partial charge on any atom is -0.507 e. The molecule has 0 spiro atoms. The van der Waals surface area contributed by atoms with Gasteiger partial charge < -0.3 is 5.11 Å². The van der Waals surface area contributed by atoms with Crippen LogP contribution in [0.4, 0.5) is 4.39 Å². The quantitative estimate of drug-likeness (QED) is 0.669. The number of hydrogen-bond acceptors (Lipinski definition) is 2. The lowest BCUT2D eigenvalue weighted by Gasteiger charge is -2.02. The predicted molar refractivity (Wildman–Crippen MR) is 47.4 cm³/mol. The van der Waals surface area contributed by atoms with E-state index in [1.165, 1.54) is 24.3 Å². The lowest BCUT2D eigenvalue weighted by atomic mass is 10.1. The van der Waals surface area contributed by atoms with Gasteiger partial charge in [-0.05, 0) is 30.7 Å². The van der Waals surface area contributed by atoms with Gasteiger partial charge >= 0.3 is 0 Å². The second kappa shape index (κ2) is 3.72. The molecule has 0 saturated heterocycles. The highest BCUT2D eigenvalue weighted by Gasteiger charge is 2.03. The van der Waals surface area contributed by atoms with Gasteiger partial charge in [0.15, 0.2) is 0 Å². The Balaban J connectivity index is 3.22. The van der Waals surface area contributed by atoms with Crippen molar-refractivity contribution in [2.45, 2.75) is 6.92 Å². The van der Waals surface area contributed by atoms with E-state index in [1.54, 1.807) is 13.0 Å². The van der Waals surface area contributed by atoms with Crippen LogP contribution in [0.25, 0.3) is 6.08 Å². The zero-order chi connectivity index (χ0) is 9.84. The summed E-state index contributed by atoms with van der Waals surface area (Å²) in [6, 6.07) is 4.18. The molecular formula is C10H8FNO. The zero-order valence-electron chi connectivity index (χ0n) is 7.08. The summed E-state index contributed by atoms with van der Waals surface area (Å²) in [5, 5.41) is 17.7. The number of aryl methyl sites for hydroxylation is 1. The van der Waals surface area contributed by atoms with Crippen molar-refractivity contribution in [1.29, 1.82) is 5.26 Å². The average Bonchev–Trinajstić information content (AvgIpc) is 2.09. The SMILES string of the molecule is Cc1cc(F)cc(C=CC#N)c1O. The van der Waals surface area contributed by atoms with Crippen LogP contribution >= 0.6 is 0 Å². The number of benzene rings is 1. The molecule has 0 atom stereocenters. The summed E-state index contributed by atoms with van der Waals surface area (Å²) >= 11 is 0. The van der Waals surface area contributed by atoms with E-state index in [4.69, 9.17) is 5.26 Å². The molecule has 0 radical (unpaired) electrons. The van der Waals surface area contributed by atoms with Gasteiger partial charge in [-0.1, -0.05) is 0 Å². The van der Waals surface area contributed by atoms with Gasteiger partial charge in [0.05, 0.1) is 6.07 Å². The van der Waals surface area contributed by atoms with Gasteiger partial charge in [0.25, 0.3) is 0 Å². The van der Waals surface area contributed by atoms with E-state index in [9.17, 15) is 9.50 Å². The average molecular weight is 177 g/mol. The Morgan fingerprint density at radius 2 is 2.23 bits per heavy atom. The summed E-state index contributed by atoms with van der Waals surface area (Å²) < 4.78 is 12.8. The largest absolute Gasteiger partial charge is 0.507 e. The summed E-state index contributed by atoms with van der Waals surface area (Å²) in [5.74, 6) is -0.416. The number of phenolic OH excluding ortho intramolecular Hbond substituents is 1. The molecule has 0 aliphatic heterocycles. The summed E-state index contributed by atoms with van der Waals surface area (Å²) in [7, 11) is 0. The third-order valence-corrected chi connectivity index (χ3v) is 1.63. The molecule has 0 heterocycles. The summed E-state index contributed by atoms with van der Waals surface area (Å²) in [5.41, 5.74) is 0.775. The highest BCUT2D eigenvalue weighted by atomic mass is 19.1. The molecule has 1 aromatic carbocycles. The fourth-order valence-corrected chi connectivity index (χ4v) is 1.02. The van der Waals surface area contributed by atoms with E-state index < -0.39 is 5.82 Å². The summed E-state index contributed by atoms with van der Waals surface area (Å²) in [4.78, 5) is 0. The fourth-order valence-electron chi connectivity index (χ4n) is 1.02. The van der Waals surface area contributed by atoms with Crippen molar-refractivity contribution in [3.8, 4) is 11.8 Å². The Bertz CT molecular complexity index is 391. The highest BCUT2D eigenvalue weighted by Crippen LogP contribution is 2.24. The van der Waals surface area contributed by atoms with Crippen molar-refractivity contribution in [2.24, 2.45) is 0 Å². The van der Waals surface area contributed by atoms with E-state index >= 15 is 0 Å². The molecule has 0 aromatic heterocycles. The second-order valence-electron chi connectivity index (χ2n) is 2.62. The Morgan fingerprint density at radius 3 is 2.85 bits per heavy atom. The number of hydrogen-bond donors (Lipinski definition) is 1. The van der Waals surface area contributed by atoms with Gasteiger partial charge in [0.2, 0.25) is 0 Å².